The largest absolute Gasteiger partial charge is 0.504 e. The normalized spacial score (nSPS) is 11.1. The fraction of sp³-hybridized carbons (Fsp3) is 0.133. The van der Waals surface area contributed by atoms with Gasteiger partial charge < -0.3 is 25.2 Å². The van der Waals surface area contributed by atoms with Crippen LogP contribution < -0.4 is 4.74 Å². The van der Waals surface area contributed by atoms with E-state index in [0.717, 1.165) is 0 Å². The minimum Gasteiger partial charge on any atom is -0.504 e. The van der Waals surface area contributed by atoms with Crippen LogP contribution in [-0.2, 0) is 0 Å². The highest BCUT2D eigenvalue weighted by atomic mass is 16.5. The lowest BCUT2D eigenvalue weighted by atomic mass is 10.0. The lowest BCUT2D eigenvalue weighted by molar-refractivity contribution is 0.332. The molecule has 0 fully saturated rings. The molecule has 0 spiro atoms. The molecule has 6 heteroatoms. The van der Waals surface area contributed by atoms with Crippen LogP contribution in [0.2, 0.25) is 0 Å². The Bertz CT molecular complexity index is 860. The van der Waals surface area contributed by atoms with Crippen LogP contribution in [0.4, 0.5) is 0 Å². The quantitative estimate of drug-likeness (QED) is 0.427. The summed E-state index contributed by atoms with van der Waals surface area (Å²) in [6, 6.07) is 5.39. The van der Waals surface area contributed by atoms with E-state index in [1.807, 2.05) is 0 Å². The second-order valence-corrected chi connectivity index (χ2v) is 4.59. The molecule has 108 valence electrons. The molecule has 0 aliphatic rings. The first-order valence-electron chi connectivity index (χ1n) is 6.35. The molecule has 0 amide bonds. The minimum absolute atomic E-state index is 0.278. The van der Waals surface area contributed by atoms with Gasteiger partial charge in [-0.05, 0) is 25.1 Å². The van der Waals surface area contributed by atoms with E-state index < -0.39 is 0 Å². The lowest BCUT2D eigenvalue weighted by Gasteiger charge is -2.11. The number of fused-ring (bicyclic) bond motifs is 3. The minimum atomic E-state index is -0.292. The predicted molar refractivity (Wildman–Crippen MR) is 77.1 cm³/mol. The Hall–Kier alpha value is -2.89. The van der Waals surface area contributed by atoms with Crippen LogP contribution in [0.5, 0.6) is 28.9 Å². The Morgan fingerprint density at radius 1 is 0.810 bits per heavy atom. The van der Waals surface area contributed by atoms with Gasteiger partial charge in [-0.25, -0.2) is 4.98 Å². The van der Waals surface area contributed by atoms with Crippen molar-refractivity contribution in [1.29, 1.82) is 0 Å². The smallest absolute Gasteiger partial charge is 0.222 e. The second kappa shape index (κ2) is 4.59. The maximum absolute atomic E-state index is 9.70. The molecule has 0 aliphatic heterocycles. The molecular weight excluding hydrogens is 274 g/mol. The molecule has 0 aliphatic carbocycles. The maximum atomic E-state index is 9.70. The molecule has 0 radical (unpaired) electrons. The van der Waals surface area contributed by atoms with Crippen molar-refractivity contribution in [3.63, 3.8) is 0 Å². The maximum Gasteiger partial charge on any atom is 0.222 e. The first-order valence-corrected chi connectivity index (χ1v) is 6.35. The Morgan fingerprint density at radius 2 is 1.33 bits per heavy atom. The van der Waals surface area contributed by atoms with E-state index in [0.29, 0.717) is 28.3 Å². The highest BCUT2D eigenvalue weighted by molar-refractivity contribution is 6.09. The Balaban J connectivity index is 2.50. The summed E-state index contributed by atoms with van der Waals surface area (Å²) in [4.78, 5) is 4.28. The van der Waals surface area contributed by atoms with Crippen LogP contribution >= 0.6 is 0 Å². The van der Waals surface area contributed by atoms with E-state index in [9.17, 15) is 20.4 Å². The van der Waals surface area contributed by atoms with E-state index in [-0.39, 0.29) is 28.9 Å². The number of aromatic nitrogens is 1. The number of rotatable bonds is 2. The van der Waals surface area contributed by atoms with E-state index in [1.54, 1.807) is 6.92 Å². The third kappa shape index (κ3) is 2.01. The molecule has 0 bridgehead atoms. The van der Waals surface area contributed by atoms with Crippen molar-refractivity contribution in [3.8, 4) is 28.9 Å². The van der Waals surface area contributed by atoms with Crippen molar-refractivity contribution >= 4 is 21.7 Å². The molecule has 2 aromatic carbocycles. The molecule has 1 heterocycles. The summed E-state index contributed by atoms with van der Waals surface area (Å²) in [6.07, 6.45) is 0. The molecule has 6 nitrogen and oxygen atoms in total. The van der Waals surface area contributed by atoms with Crippen LogP contribution in [0.1, 0.15) is 6.92 Å². The van der Waals surface area contributed by atoms with Crippen LogP contribution in [0.15, 0.2) is 24.3 Å². The molecular formula is C15H13NO5. The average molecular weight is 287 g/mol. The molecule has 3 rings (SSSR count). The van der Waals surface area contributed by atoms with Gasteiger partial charge in [-0.1, -0.05) is 0 Å². The zero-order valence-electron chi connectivity index (χ0n) is 11.2. The molecule has 0 atom stereocenters. The van der Waals surface area contributed by atoms with Crippen LogP contribution in [0.3, 0.4) is 0 Å². The van der Waals surface area contributed by atoms with Crippen LogP contribution in [-0.4, -0.2) is 32.0 Å². The van der Waals surface area contributed by atoms with Gasteiger partial charge in [-0.3, -0.25) is 0 Å². The highest BCUT2D eigenvalue weighted by Crippen LogP contribution is 2.40. The van der Waals surface area contributed by atoms with Gasteiger partial charge in [0.05, 0.1) is 12.1 Å². The predicted octanol–water partition coefficient (Wildman–Crippen LogP) is 2.61. The molecule has 3 aromatic rings. The Morgan fingerprint density at radius 3 is 1.95 bits per heavy atom. The number of phenolic OH excluding ortho intramolecular Hbond substituents is 4. The summed E-state index contributed by atoms with van der Waals surface area (Å²) < 4.78 is 5.44. The summed E-state index contributed by atoms with van der Waals surface area (Å²) >= 11 is 0. The van der Waals surface area contributed by atoms with E-state index in [4.69, 9.17) is 4.74 Å². The Kier molecular flexibility index (Phi) is 2.86. The third-order valence-corrected chi connectivity index (χ3v) is 3.23. The highest BCUT2D eigenvalue weighted by Gasteiger charge is 2.14. The van der Waals surface area contributed by atoms with Gasteiger partial charge in [0.15, 0.2) is 23.0 Å². The number of hydrogen-bond donors (Lipinski definition) is 4. The molecule has 4 N–H and O–H groups in total. The van der Waals surface area contributed by atoms with Crippen molar-refractivity contribution < 1.29 is 25.2 Å². The van der Waals surface area contributed by atoms with Crippen LogP contribution in [0, 0.1) is 0 Å². The van der Waals surface area contributed by atoms with Crippen LogP contribution in [0.25, 0.3) is 21.7 Å². The fourth-order valence-corrected chi connectivity index (χ4v) is 2.27. The Labute approximate surface area is 119 Å². The van der Waals surface area contributed by atoms with Gasteiger partial charge in [-0.2, -0.15) is 0 Å². The van der Waals surface area contributed by atoms with E-state index in [1.165, 1.54) is 24.3 Å². The number of pyridine rings is 1. The summed E-state index contributed by atoms with van der Waals surface area (Å²) in [5, 5.41) is 40.2. The number of nitrogens with zero attached hydrogens (tertiary/aromatic N) is 1. The topological polar surface area (TPSA) is 103 Å². The van der Waals surface area contributed by atoms with Gasteiger partial charge in [0.1, 0.15) is 0 Å². The number of ether oxygens (including phenoxy) is 1. The monoisotopic (exact) mass is 287 g/mol. The molecule has 0 unspecified atom stereocenters. The van der Waals surface area contributed by atoms with Gasteiger partial charge in [-0.15, -0.1) is 0 Å². The van der Waals surface area contributed by atoms with E-state index in [2.05, 4.69) is 4.98 Å². The van der Waals surface area contributed by atoms with Crippen molar-refractivity contribution in [2.24, 2.45) is 0 Å². The van der Waals surface area contributed by atoms with Gasteiger partial charge in [0.2, 0.25) is 5.88 Å². The zero-order chi connectivity index (χ0) is 15.1. The first-order chi connectivity index (χ1) is 10.0. The lowest BCUT2D eigenvalue weighted by Crippen LogP contribution is -1.96. The van der Waals surface area contributed by atoms with Gasteiger partial charge in [0, 0.05) is 22.2 Å². The molecule has 1 aromatic heterocycles. The van der Waals surface area contributed by atoms with Crippen molar-refractivity contribution in [3.05, 3.63) is 24.3 Å². The van der Waals surface area contributed by atoms with Crippen molar-refractivity contribution in [2.75, 3.05) is 6.61 Å². The molecule has 0 saturated heterocycles. The SMILES string of the molecule is CCOc1nc2cc(O)c(O)cc2c2cc(O)c(O)cc12. The average Bonchev–Trinajstić information content (AvgIpc) is 2.44. The number of benzene rings is 2. The van der Waals surface area contributed by atoms with Crippen molar-refractivity contribution in [2.45, 2.75) is 6.92 Å². The standard InChI is InChI=1S/C15H13NO5/c1-2-21-15-9-5-13(19)11(17)3-7(9)8-4-12(18)14(20)6-10(8)16-15/h3-6,17-20H,2H2,1H3. The van der Waals surface area contributed by atoms with E-state index >= 15 is 0 Å². The number of aromatic hydroxyl groups is 4. The molecule has 0 saturated carbocycles. The number of phenols is 4. The molecule has 21 heavy (non-hydrogen) atoms. The zero-order valence-corrected chi connectivity index (χ0v) is 11.2. The van der Waals surface area contributed by atoms with Gasteiger partial charge >= 0.3 is 0 Å². The summed E-state index contributed by atoms with van der Waals surface area (Å²) in [5.41, 5.74) is 0.409. The van der Waals surface area contributed by atoms with Gasteiger partial charge in [0.25, 0.3) is 0 Å². The summed E-state index contributed by atoms with van der Waals surface area (Å²) in [6.45, 7) is 2.17. The third-order valence-electron chi connectivity index (χ3n) is 3.23. The first kappa shape index (κ1) is 13.1. The number of hydrogen-bond acceptors (Lipinski definition) is 6. The fourth-order valence-electron chi connectivity index (χ4n) is 2.27. The van der Waals surface area contributed by atoms with Crippen molar-refractivity contribution in [1.82, 2.24) is 4.98 Å². The summed E-state index contributed by atoms with van der Waals surface area (Å²) in [5.74, 6) is -0.875. The summed E-state index contributed by atoms with van der Waals surface area (Å²) in [7, 11) is 0. The second-order valence-electron chi connectivity index (χ2n) is 4.59.